The van der Waals surface area contributed by atoms with Crippen LogP contribution in [-0.4, -0.2) is 22.8 Å². The molecule has 2 aliphatic rings. The average Bonchev–Trinajstić information content (AvgIpc) is 2.72. The Kier molecular flexibility index (Phi) is 2.44. The van der Waals surface area contributed by atoms with Crippen LogP contribution in [0, 0.1) is 0 Å². The van der Waals surface area contributed by atoms with Crippen LogP contribution in [0.25, 0.3) is 0 Å². The predicted molar refractivity (Wildman–Crippen MR) is 61.9 cm³/mol. The predicted octanol–water partition coefficient (Wildman–Crippen LogP) is 0.807. The van der Waals surface area contributed by atoms with Crippen LogP contribution in [0.4, 0.5) is 0 Å². The molecule has 1 fully saturated rings. The number of imide groups is 1. The van der Waals surface area contributed by atoms with Crippen molar-refractivity contribution in [3.63, 3.8) is 0 Å². The minimum atomic E-state index is -0.153. The summed E-state index contributed by atoms with van der Waals surface area (Å²) in [6.07, 6.45) is 1.09. The van der Waals surface area contributed by atoms with E-state index in [4.69, 9.17) is 0 Å². The largest absolute Gasteiger partial charge is 0.295 e. The molecule has 88 valence electrons. The first-order valence-electron chi connectivity index (χ1n) is 5.88. The van der Waals surface area contributed by atoms with Crippen molar-refractivity contribution in [3.05, 3.63) is 35.4 Å². The number of fused-ring (bicyclic) bond motifs is 1. The summed E-state index contributed by atoms with van der Waals surface area (Å²) >= 11 is 0. The number of piperidine rings is 1. The van der Waals surface area contributed by atoms with E-state index in [2.05, 4.69) is 22.3 Å². The SMILES string of the molecule is O=C1CCC(N2Cc3ccccc3C2)C(=O)N1. The van der Waals surface area contributed by atoms with Crippen LogP contribution in [0.3, 0.4) is 0 Å². The van der Waals surface area contributed by atoms with Crippen molar-refractivity contribution in [3.8, 4) is 0 Å². The first-order valence-corrected chi connectivity index (χ1v) is 5.88. The van der Waals surface area contributed by atoms with Crippen molar-refractivity contribution in [2.24, 2.45) is 0 Å². The average molecular weight is 230 g/mol. The van der Waals surface area contributed by atoms with Gasteiger partial charge in [0.1, 0.15) is 0 Å². The topological polar surface area (TPSA) is 49.4 Å². The quantitative estimate of drug-likeness (QED) is 0.726. The highest BCUT2D eigenvalue weighted by Gasteiger charge is 2.34. The Labute approximate surface area is 99.6 Å². The van der Waals surface area contributed by atoms with E-state index < -0.39 is 0 Å². The second kappa shape index (κ2) is 3.96. The van der Waals surface area contributed by atoms with E-state index in [0.717, 1.165) is 13.1 Å². The molecule has 1 aromatic rings. The molecule has 17 heavy (non-hydrogen) atoms. The van der Waals surface area contributed by atoms with Gasteiger partial charge in [0.25, 0.3) is 0 Å². The lowest BCUT2D eigenvalue weighted by molar-refractivity contribution is -0.137. The Morgan fingerprint density at radius 2 is 1.76 bits per heavy atom. The summed E-state index contributed by atoms with van der Waals surface area (Å²) in [5, 5.41) is 2.41. The third-order valence-electron chi connectivity index (χ3n) is 3.52. The molecule has 3 rings (SSSR count). The Balaban J connectivity index is 1.76. The molecule has 1 saturated heterocycles. The van der Waals surface area contributed by atoms with Gasteiger partial charge in [-0.05, 0) is 17.5 Å². The molecule has 0 aliphatic carbocycles. The van der Waals surface area contributed by atoms with E-state index in [0.29, 0.717) is 12.8 Å². The molecule has 1 atom stereocenters. The molecule has 0 saturated carbocycles. The zero-order valence-electron chi connectivity index (χ0n) is 9.48. The molecule has 2 amide bonds. The van der Waals surface area contributed by atoms with Gasteiger partial charge < -0.3 is 0 Å². The Morgan fingerprint density at radius 1 is 1.12 bits per heavy atom. The maximum atomic E-state index is 11.8. The van der Waals surface area contributed by atoms with Crippen LogP contribution >= 0.6 is 0 Å². The third kappa shape index (κ3) is 1.85. The van der Waals surface area contributed by atoms with E-state index in [1.54, 1.807) is 0 Å². The van der Waals surface area contributed by atoms with Gasteiger partial charge in [0.15, 0.2) is 0 Å². The van der Waals surface area contributed by atoms with Crippen LogP contribution < -0.4 is 5.32 Å². The van der Waals surface area contributed by atoms with Gasteiger partial charge in [-0.25, -0.2) is 0 Å². The summed E-state index contributed by atoms with van der Waals surface area (Å²) in [7, 11) is 0. The summed E-state index contributed by atoms with van der Waals surface area (Å²) in [6, 6.07) is 8.09. The summed E-state index contributed by atoms with van der Waals surface area (Å²) in [4.78, 5) is 25.0. The minimum Gasteiger partial charge on any atom is -0.295 e. The smallest absolute Gasteiger partial charge is 0.243 e. The van der Waals surface area contributed by atoms with Crippen LogP contribution in [0.5, 0.6) is 0 Å². The molecule has 4 heteroatoms. The fraction of sp³-hybridized carbons (Fsp3) is 0.385. The normalized spacial score (nSPS) is 24.6. The van der Waals surface area contributed by atoms with Gasteiger partial charge in [0.05, 0.1) is 6.04 Å². The lowest BCUT2D eigenvalue weighted by atomic mass is 10.0. The molecule has 2 heterocycles. The second-order valence-electron chi connectivity index (χ2n) is 4.64. The number of nitrogens with zero attached hydrogens (tertiary/aromatic N) is 1. The third-order valence-corrected chi connectivity index (χ3v) is 3.52. The summed E-state index contributed by atoms with van der Waals surface area (Å²) in [5.74, 6) is -0.294. The van der Waals surface area contributed by atoms with Crippen molar-refractivity contribution < 1.29 is 9.59 Å². The molecule has 0 spiro atoms. The van der Waals surface area contributed by atoms with E-state index in [9.17, 15) is 9.59 Å². The zero-order valence-corrected chi connectivity index (χ0v) is 9.48. The van der Waals surface area contributed by atoms with E-state index >= 15 is 0 Å². The van der Waals surface area contributed by atoms with Gasteiger partial charge in [-0.15, -0.1) is 0 Å². The highest BCUT2D eigenvalue weighted by molar-refractivity contribution is 6.00. The summed E-state index contributed by atoms with van der Waals surface area (Å²) in [6.45, 7) is 1.62. The van der Waals surface area contributed by atoms with Gasteiger partial charge in [-0.3, -0.25) is 19.8 Å². The van der Waals surface area contributed by atoms with Crippen molar-refractivity contribution in [2.45, 2.75) is 32.0 Å². The number of carbonyl (C=O) groups is 2. The highest BCUT2D eigenvalue weighted by Crippen LogP contribution is 2.26. The first kappa shape index (κ1) is 10.5. The molecule has 0 aromatic heterocycles. The van der Waals surface area contributed by atoms with Crippen LogP contribution in [0.15, 0.2) is 24.3 Å². The summed E-state index contributed by atoms with van der Waals surface area (Å²) in [5.41, 5.74) is 2.58. The van der Waals surface area contributed by atoms with E-state index in [-0.39, 0.29) is 17.9 Å². The lowest BCUT2D eigenvalue weighted by Crippen LogP contribution is -2.50. The van der Waals surface area contributed by atoms with Gasteiger partial charge in [0.2, 0.25) is 11.8 Å². The standard InChI is InChI=1S/C13H14N2O2/c16-12-6-5-11(13(17)14-12)15-7-9-3-1-2-4-10(9)8-15/h1-4,11H,5-8H2,(H,14,16,17). The number of rotatable bonds is 1. The van der Waals surface area contributed by atoms with Crippen LogP contribution in [0.2, 0.25) is 0 Å². The minimum absolute atomic E-state index is 0.144. The molecule has 4 nitrogen and oxygen atoms in total. The molecule has 1 unspecified atom stereocenters. The van der Waals surface area contributed by atoms with Gasteiger partial charge in [-0.2, -0.15) is 0 Å². The van der Waals surface area contributed by atoms with Crippen molar-refractivity contribution in [2.75, 3.05) is 0 Å². The van der Waals surface area contributed by atoms with Crippen molar-refractivity contribution >= 4 is 11.8 Å². The van der Waals surface area contributed by atoms with E-state index in [1.165, 1.54) is 11.1 Å². The Hall–Kier alpha value is -1.68. The molecule has 1 aromatic carbocycles. The van der Waals surface area contributed by atoms with Crippen molar-refractivity contribution in [1.29, 1.82) is 0 Å². The highest BCUT2D eigenvalue weighted by atomic mass is 16.2. The fourth-order valence-electron chi connectivity index (χ4n) is 2.61. The van der Waals surface area contributed by atoms with Gasteiger partial charge in [0, 0.05) is 19.5 Å². The van der Waals surface area contributed by atoms with Crippen LogP contribution in [-0.2, 0) is 22.7 Å². The van der Waals surface area contributed by atoms with Crippen LogP contribution in [0.1, 0.15) is 24.0 Å². The van der Waals surface area contributed by atoms with E-state index in [1.807, 2.05) is 12.1 Å². The lowest BCUT2D eigenvalue weighted by Gasteiger charge is -2.29. The second-order valence-corrected chi connectivity index (χ2v) is 4.64. The molecule has 0 bridgehead atoms. The van der Waals surface area contributed by atoms with Gasteiger partial charge >= 0.3 is 0 Å². The number of hydrogen-bond acceptors (Lipinski definition) is 3. The van der Waals surface area contributed by atoms with Gasteiger partial charge in [-0.1, -0.05) is 24.3 Å². The monoisotopic (exact) mass is 230 g/mol. The molecule has 1 N–H and O–H groups in total. The Morgan fingerprint density at radius 3 is 2.35 bits per heavy atom. The molecule has 2 aliphatic heterocycles. The van der Waals surface area contributed by atoms with Crippen molar-refractivity contribution in [1.82, 2.24) is 10.2 Å². The Bertz CT molecular complexity index is 459. The molecular weight excluding hydrogens is 216 g/mol. The number of carbonyl (C=O) groups excluding carboxylic acids is 2. The maximum Gasteiger partial charge on any atom is 0.243 e. The number of benzene rings is 1. The molecule has 0 radical (unpaired) electrons. The number of amides is 2. The fourth-order valence-corrected chi connectivity index (χ4v) is 2.61. The maximum absolute atomic E-state index is 11.8. The summed E-state index contributed by atoms with van der Waals surface area (Å²) < 4.78 is 0. The molecular formula is C13H14N2O2. The first-order chi connectivity index (χ1) is 8.24. The zero-order chi connectivity index (χ0) is 11.8. The number of nitrogens with one attached hydrogen (secondary N) is 1. The number of hydrogen-bond donors (Lipinski definition) is 1.